The summed E-state index contributed by atoms with van der Waals surface area (Å²) in [5, 5.41) is 10.3. The topological polar surface area (TPSA) is 20.2 Å². The molecule has 3 atom stereocenters. The van der Waals surface area contributed by atoms with Crippen molar-refractivity contribution in [3.63, 3.8) is 0 Å². The highest BCUT2D eigenvalue weighted by Gasteiger charge is 2.28. The number of rotatable bonds is 5. The van der Waals surface area contributed by atoms with Crippen LogP contribution in [0.25, 0.3) is 0 Å². The van der Waals surface area contributed by atoms with E-state index in [1.807, 2.05) is 0 Å². The summed E-state index contributed by atoms with van der Waals surface area (Å²) in [7, 11) is 0. The van der Waals surface area contributed by atoms with Gasteiger partial charge in [0, 0.05) is 0 Å². The lowest BCUT2D eigenvalue weighted by Gasteiger charge is -2.32. The number of aliphatic hydroxyl groups excluding tert-OH is 1. The minimum atomic E-state index is -0.143. The molecule has 0 saturated carbocycles. The first kappa shape index (κ1) is 14.6. The minimum Gasteiger partial charge on any atom is -0.393 e. The van der Waals surface area contributed by atoms with E-state index < -0.39 is 0 Å². The van der Waals surface area contributed by atoms with Crippen molar-refractivity contribution in [3.05, 3.63) is 35.4 Å². The second-order valence-corrected chi connectivity index (χ2v) is 7.60. The van der Waals surface area contributed by atoms with Gasteiger partial charge in [0.25, 0.3) is 0 Å². The number of hydrogen-bond donors (Lipinski definition) is 1. The zero-order chi connectivity index (χ0) is 14.0. The van der Waals surface area contributed by atoms with Crippen LogP contribution >= 0.6 is 0 Å². The van der Waals surface area contributed by atoms with Crippen molar-refractivity contribution >= 4 is 0 Å². The third-order valence-corrected chi connectivity index (χ3v) is 4.15. The van der Waals surface area contributed by atoms with Gasteiger partial charge in [0.1, 0.15) is 0 Å². The molecule has 1 heteroatoms. The molecule has 0 spiro atoms. The van der Waals surface area contributed by atoms with Gasteiger partial charge in [-0.05, 0) is 54.1 Å². The Bertz CT molecular complexity index is 416. The monoisotopic (exact) mass is 260 g/mol. The Morgan fingerprint density at radius 3 is 2.58 bits per heavy atom. The van der Waals surface area contributed by atoms with Gasteiger partial charge < -0.3 is 5.11 Å². The Hall–Kier alpha value is -0.820. The summed E-state index contributed by atoms with van der Waals surface area (Å²) in [6.07, 6.45) is 4.07. The highest BCUT2D eigenvalue weighted by Crippen LogP contribution is 2.39. The molecule has 0 fully saturated rings. The third kappa shape index (κ3) is 4.07. The van der Waals surface area contributed by atoms with E-state index in [1.165, 1.54) is 17.5 Å². The summed E-state index contributed by atoms with van der Waals surface area (Å²) >= 11 is 0. The predicted octanol–water partition coefficient (Wildman–Crippen LogP) is 4.54. The maximum Gasteiger partial charge on any atom is 0.0548 e. The summed E-state index contributed by atoms with van der Waals surface area (Å²) in [5.41, 5.74) is 3.30. The van der Waals surface area contributed by atoms with E-state index in [1.54, 1.807) is 0 Å². The quantitative estimate of drug-likeness (QED) is 0.824. The summed E-state index contributed by atoms with van der Waals surface area (Å²) in [5.74, 6) is 1.19. The van der Waals surface area contributed by atoms with Crippen LogP contribution in [0.5, 0.6) is 0 Å². The Morgan fingerprint density at radius 2 is 1.95 bits per heavy atom. The molecule has 19 heavy (non-hydrogen) atoms. The number of fused-ring (bicyclic) bond motifs is 1. The first-order chi connectivity index (χ1) is 8.85. The van der Waals surface area contributed by atoms with E-state index >= 15 is 0 Å². The number of benzene rings is 1. The minimum absolute atomic E-state index is 0.143. The molecule has 1 nitrogen and oxygen atoms in total. The molecule has 1 aliphatic carbocycles. The van der Waals surface area contributed by atoms with Gasteiger partial charge in [-0.1, -0.05) is 52.0 Å². The van der Waals surface area contributed by atoms with Crippen LogP contribution in [0.4, 0.5) is 0 Å². The molecule has 0 heterocycles. The van der Waals surface area contributed by atoms with Gasteiger partial charge in [-0.25, -0.2) is 0 Å². The molecule has 1 aromatic rings. The summed E-state index contributed by atoms with van der Waals surface area (Å²) in [6, 6.07) is 8.64. The zero-order valence-corrected chi connectivity index (χ0v) is 12.8. The van der Waals surface area contributed by atoms with Crippen LogP contribution in [-0.2, 0) is 6.42 Å². The maximum atomic E-state index is 10.3. The molecule has 0 amide bonds. The Kier molecular flexibility index (Phi) is 4.35. The standard InChI is InChI=1S/C18H28O/c1-13(12-18(2,3)4)9-16(19)11-15-10-14-7-5-6-8-17(14)15/h5-8,13,15-16,19H,9-12H2,1-4H3. The molecule has 0 aliphatic heterocycles. The van der Waals surface area contributed by atoms with Crippen LogP contribution in [0.15, 0.2) is 24.3 Å². The molecule has 1 N–H and O–H groups in total. The molecule has 0 bridgehead atoms. The van der Waals surface area contributed by atoms with E-state index in [9.17, 15) is 5.11 Å². The smallest absolute Gasteiger partial charge is 0.0548 e. The van der Waals surface area contributed by atoms with E-state index in [2.05, 4.69) is 52.0 Å². The van der Waals surface area contributed by atoms with Gasteiger partial charge in [0.15, 0.2) is 0 Å². The van der Waals surface area contributed by atoms with E-state index in [0.717, 1.165) is 19.3 Å². The molecule has 1 aromatic carbocycles. The average molecular weight is 260 g/mol. The lowest BCUT2D eigenvalue weighted by atomic mass is 9.73. The predicted molar refractivity (Wildman–Crippen MR) is 81.4 cm³/mol. The van der Waals surface area contributed by atoms with Gasteiger partial charge in [0.05, 0.1) is 6.10 Å². The van der Waals surface area contributed by atoms with Crippen LogP contribution in [0.2, 0.25) is 0 Å². The van der Waals surface area contributed by atoms with Crippen LogP contribution in [-0.4, -0.2) is 11.2 Å². The van der Waals surface area contributed by atoms with Crippen LogP contribution in [0.3, 0.4) is 0 Å². The average Bonchev–Trinajstić information content (AvgIpc) is 2.23. The molecular weight excluding hydrogens is 232 g/mol. The van der Waals surface area contributed by atoms with Crippen LogP contribution in [0.1, 0.15) is 64.0 Å². The molecule has 1 aliphatic rings. The molecule has 0 radical (unpaired) electrons. The van der Waals surface area contributed by atoms with Gasteiger partial charge in [-0.15, -0.1) is 0 Å². The van der Waals surface area contributed by atoms with Crippen LogP contribution < -0.4 is 0 Å². The van der Waals surface area contributed by atoms with Gasteiger partial charge in [-0.2, -0.15) is 0 Å². The zero-order valence-electron chi connectivity index (χ0n) is 12.8. The summed E-state index contributed by atoms with van der Waals surface area (Å²) < 4.78 is 0. The SMILES string of the molecule is CC(CC(O)CC1Cc2ccccc21)CC(C)(C)C. The normalized spacial score (nSPS) is 21.4. The molecular formula is C18H28O. The van der Waals surface area contributed by atoms with Gasteiger partial charge >= 0.3 is 0 Å². The first-order valence-corrected chi connectivity index (χ1v) is 7.61. The Labute approximate surface area is 118 Å². The molecule has 106 valence electrons. The van der Waals surface area contributed by atoms with Crippen LogP contribution in [0, 0.1) is 11.3 Å². The van der Waals surface area contributed by atoms with Crippen molar-refractivity contribution in [2.45, 2.75) is 65.4 Å². The lowest BCUT2D eigenvalue weighted by Crippen LogP contribution is -2.24. The molecule has 3 unspecified atom stereocenters. The highest BCUT2D eigenvalue weighted by atomic mass is 16.3. The van der Waals surface area contributed by atoms with E-state index in [-0.39, 0.29) is 6.10 Å². The Morgan fingerprint density at radius 1 is 1.26 bits per heavy atom. The second-order valence-electron chi connectivity index (χ2n) is 7.60. The third-order valence-electron chi connectivity index (χ3n) is 4.15. The van der Waals surface area contributed by atoms with E-state index in [0.29, 0.717) is 17.3 Å². The fourth-order valence-electron chi connectivity index (χ4n) is 3.59. The largest absolute Gasteiger partial charge is 0.393 e. The Balaban J connectivity index is 1.79. The van der Waals surface area contributed by atoms with Crippen molar-refractivity contribution in [2.24, 2.45) is 11.3 Å². The summed E-state index contributed by atoms with van der Waals surface area (Å²) in [4.78, 5) is 0. The lowest BCUT2D eigenvalue weighted by molar-refractivity contribution is 0.114. The molecule has 0 saturated heterocycles. The molecule has 2 rings (SSSR count). The van der Waals surface area contributed by atoms with Crippen molar-refractivity contribution in [3.8, 4) is 0 Å². The number of hydrogen-bond acceptors (Lipinski definition) is 1. The highest BCUT2D eigenvalue weighted by molar-refractivity contribution is 5.39. The molecule has 0 aromatic heterocycles. The summed E-state index contributed by atoms with van der Waals surface area (Å²) in [6.45, 7) is 9.09. The van der Waals surface area contributed by atoms with Crippen molar-refractivity contribution < 1.29 is 5.11 Å². The first-order valence-electron chi connectivity index (χ1n) is 7.61. The van der Waals surface area contributed by atoms with E-state index in [4.69, 9.17) is 0 Å². The number of aliphatic hydroxyl groups is 1. The fourth-order valence-corrected chi connectivity index (χ4v) is 3.59. The fraction of sp³-hybridized carbons (Fsp3) is 0.667. The second kappa shape index (κ2) is 5.66. The van der Waals surface area contributed by atoms with Gasteiger partial charge in [-0.3, -0.25) is 0 Å². The maximum absolute atomic E-state index is 10.3. The van der Waals surface area contributed by atoms with Crippen molar-refractivity contribution in [1.29, 1.82) is 0 Å². The van der Waals surface area contributed by atoms with Crippen molar-refractivity contribution in [1.82, 2.24) is 0 Å². The van der Waals surface area contributed by atoms with Crippen molar-refractivity contribution in [2.75, 3.05) is 0 Å². The van der Waals surface area contributed by atoms with Gasteiger partial charge in [0.2, 0.25) is 0 Å².